The summed E-state index contributed by atoms with van der Waals surface area (Å²) in [7, 11) is 1.79. The number of rotatable bonds is 9. The Morgan fingerprint density at radius 3 is 2.62 bits per heavy atom. The normalized spacial score (nSPS) is 23.5. The van der Waals surface area contributed by atoms with Crippen LogP contribution in [-0.4, -0.2) is 63.8 Å². The first-order chi connectivity index (χ1) is 11.2. The number of guanidine groups is 1. The van der Waals surface area contributed by atoms with Gasteiger partial charge in [0.25, 0.3) is 0 Å². The van der Waals surface area contributed by atoms with E-state index in [9.17, 15) is 0 Å². The number of ether oxygens (including phenoxy) is 1. The Labute approximate surface area is 165 Å². The topological polar surface area (TPSA) is 48.9 Å². The van der Waals surface area contributed by atoms with Crippen LogP contribution in [0.5, 0.6) is 0 Å². The largest absolute Gasteiger partial charge is 0.385 e. The van der Waals surface area contributed by atoms with Crippen molar-refractivity contribution >= 4 is 29.9 Å². The van der Waals surface area contributed by atoms with Gasteiger partial charge in [0.05, 0.1) is 0 Å². The molecule has 0 bridgehead atoms. The van der Waals surface area contributed by atoms with Crippen LogP contribution in [0.3, 0.4) is 0 Å². The van der Waals surface area contributed by atoms with E-state index in [1.165, 1.54) is 45.3 Å². The molecule has 1 saturated heterocycles. The van der Waals surface area contributed by atoms with Gasteiger partial charge >= 0.3 is 0 Å². The molecule has 1 atom stereocenters. The molecule has 5 nitrogen and oxygen atoms in total. The van der Waals surface area contributed by atoms with E-state index >= 15 is 0 Å². The van der Waals surface area contributed by atoms with Crippen molar-refractivity contribution in [2.75, 3.05) is 53.0 Å². The second kappa shape index (κ2) is 11.5. The Kier molecular flexibility index (Phi) is 10.5. The summed E-state index contributed by atoms with van der Waals surface area (Å²) in [6, 6.07) is 0. The summed E-state index contributed by atoms with van der Waals surface area (Å²) in [6.07, 6.45) is 6.39. The molecule has 0 amide bonds. The van der Waals surface area contributed by atoms with Gasteiger partial charge in [-0.3, -0.25) is 4.99 Å². The lowest BCUT2D eigenvalue weighted by Crippen LogP contribution is -2.42. The van der Waals surface area contributed by atoms with Gasteiger partial charge in [0.1, 0.15) is 0 Å². The standard InChI is InChI=1S/C18H36N4O.HI/c1-4-19-17(20-13-16-7-11-22(5-2)14-16)21-15-18(8-6-9-18)10-12-23-3;/h16H,4-15H2,1-3H3,(H2,19,20,21);1H. The zero-order valence-corrected chi connectivity index (χ0v) is 18.1. The quantitative estimate of drug-likeness (QED) is 0.321. The Morgan fingerprint density at radius 1 is 1.29 bits per heavy atom. The van der Waals surface area contributed by atoms with Gasteiger partial charge in [-0.25, -0.2) is 0 Å². The van der Waals surface area contributed by atoms with E-state index in [2.05, 4.69) is 29.4 Å². The molecule has 1 heterocycles. The van der Waals surface area contributed by atoms with Gasteiger partial charge < -0.3 is 20.3 Å². The lowest BCUT2D eigenvalue weighted by molar-refractivity contribution is 0.0778. The fourth-order valence-electron chi connectivity index (χ4n) is 3.68. The summed E-state index contributed by atoms with van der Waals surface area (Å²) >= 11 is 0. The van der Waals surface area contributed by atoms with Gasteiger partial charge in [-0.05, 0) is 57.0 Å². The number of likely N-dealkylation sites (tertiary alicyclic amines) is 1. The molecule has 0 spiro atoms. The van der Waals surface area contributed by atoms with Crippen LogP contribution in [0.25, 0.3) is 0 Å². The molecule has 1 aliphatic carbocycles. The summed E-state index contributed by atoms with van der Waals surface area (Å²) in [4.78, 5) is 7.42. The average Bonchev–Trinajstić information content (AvgIpc) is 2.99. The third-order valence-corrected chi connectivity index (χ3v) is 5.54. The first kappa shape index (κ1) is 22.0. The number of nitrogens with one attached hydrogen (secondary N) is 2. The van der Waals surface area contributed by atoms with Crippen molar-refractivity contribution in [1.29, 1.82) is 0 Å². The van der Waals surface area contributed by atoms with Crippen molar-refractivity contribution in [3.05, 3.63) is 0 Å². The zero-order valence-electron chi connectivity index (χ0n) is 15.8. The van der Waals surface area contributed by atoms with Gasteiger partial charge in [-0.1, -0.05) is 13.3 Å². The van der Waals surface area contributed by atoms with Crippen molar-refractivity contribution in [2.24, 2.45) is 16.3 Å². The Hall–Kier alpha value is -0.0800. The average molecular weight is 452 g/mol. The molecule has 0 radical (unpaired) electrons. The monoisotopic (exact) mass is 452 g/mol. The second-order valence-electron chi connectivity index (χ2n) is 7.22. The second-order valence-corrected chi connectivity index (χ2v) is 7.22. The highest BCUT2D eigenvalue weighted by atomic mass is 127. The van der Waals surface area contributed by atoms with Crippen LogP contribution in [-0.2, 0) is 4.74 Å². The predicted molar refractivity (Wildman–Crippen MR) is 112 cm³/mol. The Bertz CT molecular complexity index is 374. The number of aliphatic imine (C=N–C) groups is 1. The number of hydrogen-bond donors (Lipinski definition) is 2. The number of hydrogen-bond acceptors (Lipinski definition) is 3. The zero-order chi connectivity index (χ0) is 16.5. The van der Waals surface area contributed by atoms with Gasteiger partial charge in [0.15, 0.2) is 5.96 Å². The summed E-state index contributed by atoms with van der Waals surface area (Å²) in [5.41, 5.74) is 0.394. The molecular weight excluding hydrogens is 415 g/mol. The van der Waals surface area contributed by atoms with Crippen LogP contribution >= 0.6 is 24.0 Å². The van der Waals surface area contributed by atoms with Crippen molar-refractivity contribution in [1.82, 2.24) is 15.5 Å². The first-order valence-electron chi connectivity index (χ1n) is 9.45. The maximum absolute atomic E-state index is 5.28. The van der Waals surface area contributed by atoms with E-state index in [1.54, 1.807) is 7.11 Å². The first-order valence-corrected chi connectivity index (χ1v) is 9.45. The van der Waals surface area contributed by atoms with E-state index in [4.69, 9.17) is 9.73 Å². The van der Waals surface area contributed by atoms with Crippen LogP contribution < -0.4 is 10.6 Å². The molecule has 0 aromatic heterocycles. The maximum atomic E-state index is 5.28. The van der Waals surface area contributed by atoms with E-state index in [0.717, 1.165) is 44.5 Å². The number of halogens is 1. The minimum absolute atomic E-state index is 0. The van der Waals surface area contributed by atoms with Crippen molar-refractivity contribution in [3.8, 4) is 0 Å². The minimum Gasteiger partial charge on any atom is -0.385 e. The molecule has 2 N–H and O–H groups in total. The van der Waals surface area contributed by atoms with Crippen LogP contribution in [0, 0.1) is 11.3 Å². The fourth-order valence-corrected chi connectivity index (χ4v) is 3.68. The van der Waals surface area contributed by atoms with E-state index in [1.807, 2.05) is 0 Å². The molecule has 1 aliphatic heterocycles. The molecule has 2 fully saturated rings. The third-order valence-electron chi connectivity index (χ3n) is 5.54. The van der Waals surface area contributed by atoms with Crippen LogP contribution in [0.1, 0.15) is 46.0 Å². The Balaban J connectivity index is 0.00000288. The smallest absolute Gasteiger partial charge is 0.191 e. The van der Waals surface area contributed by atoms with E-state index < -0.39 is 0 Å². The molecule has 0 aromatic carbocycles. The Morgan fingerprint density at radius 2 is 2.08 bits per heavy atom. The fraction of sp³-hybridized carbons (Fsp3) is 0.944. The van der Waals surface area contributed by atoms with E-state index in [-0.39, 0.29) is 24.0 Å². The van der Waals surface area contributed by atoms with Gasteiger partial charge in [0, 0.05) is 39.9 Å². The predicted octanol–water partition coefficient (Wildman–Crippen LogP) is 2.71. The maximum Gasteiger partial charge on any atom is 0.191 e. The lowest BCUT2D eigenvalue weighted by Gasteiger charge is -2.40. The third kappa shape index (κ3) is 6.67. The van der Waals surface area contributed by atoms with Crippen molar-refractivity contribution in [2.45, 2.75) is 46.0 Å². The molecule has 0 aromatic rings. The molecule has 2 aliphatic rings. The molecule has 142 valence electrons. The highest BCUT2D eigenvalue weighted by Crippen LogP contribution is 2.44. The van der Waals surface area contributed by atoms with Gasteiger partial charge in [-0.15, -0.1) is 24.0 Å². The van der Waals surface area contributed by atoms with Crippen LogP contribution in [0.15, 0.2) is 4.99 Å². The van der Waals surface area contributed by atoms with Gasteiger partial charge in [-0.2, -0.15) is 0 Å². The number of nitrogens with zero attached hydrogens (tertiary/aromatic N) is 2. The lowest BCUT2D eigenvalue weighted by atomic mass is 9.67. The van der Waals surface area contributed by atoms with E-state index in [0.29, 0.717) is 5.41 Å². The van der Waals surface area contributed by atoms with Crippen molar-refractivity contribution < 1.29 is 4.74 Å². The molecule has 2 rings (SSSR count). The summed E-state index contributed by atoms with van der Waals surface area (Å²) in [5, 5.41) is 6.97. The molecular formula is C18H37IN4O. The molecule has 1 saturated carbocycles. The van der Waals surface area contributed by atoms with Crippen molar-refractivity contribution in [3.63, 3.8) is 0 Å². The van der Waals surface area contributed by atoms with Crippen LogP contribution in [0.4, 0.5) is 0 Å². The molecule has 6 heteroatoms. The molecule has 1 unspecified atom stereocenters. The summed E-state index contributed by atoms with van der Waals surface area (Å²) < 4.78 is 5.28. The van der Waals surface area contributed by atoms with Crippen LogP contribution in [0.2, 0.25) is 0 Å². The minimum atomic E-state index is 0. The summed E-state index contributed by atoms with van der Waals surface area (Å²) in [6.45, 7) is 11.8. The number of methoxy groups -OCH3 is 1. The highest BCUT2D eigenvalue weighted by Gasteiger charge is 2.36. The molecule has 24 heavy (non-hydrogen) atoms. The highest BCUT2D eigenvalue weighted by molar-refractivity contribution is 14.0. The SMILES string of the molecule is CCNC(=NCC1(CCOC)CCC1)NCC1CCN(CC)C1.I. The summed E-state index contributed by atoms with van der Waals surface area (Å²) in [5.74, 6) is 1.75. The van der Waals surface area contributed by atoms with Gasteiger partial charge in [0.2, 0.25) is 0 Å².